The summed E-state index contributed by atoms with van der Waals surface area (Å²) in [5, 5.41) is 4.92. The van der Waals surface area contributed by atoms with E-state index >= 15 is 0 Å². The smallest absolute Gasteiger partial charge is 0.270 e. The maximum Gasteiger partial charge on any atom is 0.270 e. The molecule has 3 N–H and O–H groups in total. The number of fused-ring (bicyclic) bond motifs is 16. The van der Waals surface area contributed by atoms with Crippen LogP contribution in [-0.2, 0) is 91.1 Å². The van der Waals surface area contributed by atoms with Crippen molar-refractivity contribution < 1.29 is 70.2 Å². The zero-order chi connectivity index (χ0) is 88.2. The van der Waals surface area contributed by atoms with Crippen LogP contribution in [-0.4, -0.2) is 114 Å². The van der Waals surface area contributed by atoms with Crippen LogP contribution in [0.1, 0.15) is 202 Å². The summed E-state index contributed by atoms with van der Waals surface area (Å²) in [5.74, 6) is 2.28. The molecule has 18 rings (SSSR count). The third-order valence-corrected chi connectivity index (χ3v) is 29.2. The second-order valence-corrected chi connectivity index (χ2v) is 40.9. The fraction of sp³-hybridized carbons (Fsp3) is 0.350. The Bertz CT molecular complexity index is 6190. The summed E-state index contributed by atoms with van der Waals surface area (Å²) in [6.07, 6.45) is 11.5. The first-order chi connectivity index (χ1) is 60.5. The number of hydrogen-bond acceptors (Lipinski definition) is 18. The van der Waals surface area contributed by atoms with Gasteiger partial charge in [-0.15, -0.1) is 0 Å². The third-order valence-electron chi connectivity index (χ3n) is 25.0. The van der Waals surface area contributed by atoms with Crippen LogP contribution in [0.4, 0.5) is 39.8 Å². The van der Waals surface area contributed by atoms with Crippen LogP contribution in [0.25, 0.3) is 0 Å². The zero-order valence-electron chi connectivity index (χ0n) is 71.9. The number of nitrogens with zero attached hydrogens (tertiary/aromatic N) is 5. The van der Waals surface area contributed by atoms with Gasteiger partial charge in [0.05, 0.1) is 37.6 Å². The number of benzene rings is 10. The van der Waals surface area contributed by atoms with Gasteiger partial charge in [-0.1, -0.05) is 131 Å². The summed E-state index contributed by atoms with van der Waals surface area (Å²) in [5.41, 5.74) is 18.6. The Hall–Kier alpha value is -11.6. The second-order valence-electron chi connectivity index (χ2n) is 35.0. The van der Waals surface area contributed by atoms with Crippen molar-refractivity contribution in [2.24, 2.45) is 4.99 Å². The molecular formula is C103H113N7O15S4. The molecule has 0 saturated carbocycles. The number of methoxy groups -OCH3 is 2. The molecule has 10 aromatic carbocycles. The summed E-state index contributed by atoms with van der Waals surface area (Å²) in [6, 6.07) is 56.8. The molecule has 0 saturated heterocycles. The van der Waals surface area contributed by atoms with Crippen molar-refractivity contribution in [2.75, 3.05) is 50.7 Å². The Labute approximate surface area is 770 Å². The fourth-order valence-electron chi connectivity index (χ4n) is 18.8. The minimum Gasteiger partial charge on any atom is -0.493 e. The number of nitrogens with one attached hydrogen (secondary N) is 2. The van der Waals surface area contributed by atoms with E-state index in [9.17, 15) is 41.7 Å². The number of para-hydroxylation sites is 4. The number of aryl methyl sites for hydroxylation is 4. The summed E-state index contributed by atoms with van der Waals surface area (Å²) in [7, 11) is 2.04. The lowest BCUT2D eigenvalue weighted by Crippen LogP contribution is -2.47. The van der Waals surface area contributed by atoms with Crippen LogP contribution >= 0.6 is 34.2 Å². The topological polar surface area (TPSA) is 262 Å². The highest BCUT2D eigenvalue weighted by Crippen LogP contribution is 2.47. The molecule has 0 bridgehead atoms. The summed E-state index contributed by atoms with van der Waals surface area (Å²) >= 11 is 4.59. The van der Waals surface area contributed by atoms with Crippen molar-refractivity contribution in [3.05, 3.63) is 277 Å². The molecule has 10 aromatic rings. The van der Waals surface area contributed by atoms with Gasteiger partial charge >= 0.3 is 0 Å². The molecule has 22 nitrogen and oxygen atoms in total. The number of carbonyl (C=O) groups is 6. The minimum atomic E-state index is -4.56. The molecule has 5 atom stereocenters. The van der Waals surface area contributed by atoms with Crippen molar-refractivity contribution in [3.8, 4) is 34.5 Å². The molecule has 6 amide bonds. The third kappa shape index (κ3) is 19.8. The summed E-state index contributed by atoms with van der Waals surface area (Å²) < 4.78 is 73.4. The molecule has 8 heterocycles. The average molecular weight is 1820 g/mol. The van der Waals surface area contributed by atoms with E-state index in [1.165, 1.54) is 16.0 Å². The molecule has 8 aliphatic rings. The molecule has 1 unspecified atom stereocenters. The van der Waals surface area contributed by atoms with Crippen LogP contribution in [0.2, 0.25) is 0 Å². The molecule has 8 aliphatic heterocycles. The van der Waals surface area contributed by atoms with E-state index in [0.29, 0.717) is 122 Å². The molecule has 0 radical (unpaired) electrons. The van der Waals surface area contributed by atoms with Crippen LogP contribution in [0.5, 0.6) is 34.5 Å². The number of aliphatic imine (C=N–C) groups is 1. The van der Waals surface area contributed by atoms with E-state index in [0.717, 1.165) is 107 Å². The van der Waals surface area contributed by atoms with Gasteiger partial charge in [0.2, 0.25) is 11.8 Å². The first-order valence-electron chi connectivity index (χ1n) is 42.7. The van der Waals surface area contributed by atoms with Crippen LogP contribution < -0.4 is 58.7 Å². The second kappa shape index (κ2) is 38.6. The van der Waals surface area contributed by atoms with Gasteiger partial charge in [-0.2, -0.15) is 21.0 Å². The van der Waals surface area contributed by atoms with Gasteiger partial charge in [0.15, 0.2) is 23.0 Å². The predicted molar refractivity (Wildman–Crippen MR) is 520 cm³/mol. The highest BCUT2D eigenvalue weighted by molar-refractivity contribution is 8.76. The highest BCUT2D eigenvalue weighted by Gasteiger charge is 2.48. The quantitative estimate of drug-likeness (QED) is 0.0235. The van der Waals surface area contributed by atoms with E-state index in [-0.39, 0.29) is 125 Å². The maximum absolute atomic E-state index is 14.2. The first kappa shape index (κ1) is 93.6. The van der Waals surface area contributed by atoms with Crippen molar-refractivity contribution in [1.29, 1.82) is 0 Å². The van der Waals surface area contributed by atoms with Crippen LogP contribution in [0, 0.1) is 13.8 Å². The number of anilines is 6. The normalized spacial score (nSPS) is 17.6. The molecule has 0 aliphatic carbocycles. The van der Waals surface area contributed by atoms with Crippen LogP contribution in [0.15, 0.2) is 187 Å². The number of amides is 6. The SMILES string of the molecule is C.C.C.COc1cc2c(cc1OCc1cc(COc3cc4c(cc3C)C(=O)N3c5ccccc5C[C@H]3C(S(=O)(=O)O)C4)cc(NC(=O)CCC(C)(C)S)c1)CC[C@@H]1Cc3ccccc3N1C2=O.COc1cc2c(cc1OCc1cc(COc3cc4c(cc3C)C(=O)N3c5ccccc5C[C@H]3C=N4)cc(NC(=O)CCC(C)(C)SSC)c1)CC[C@@H]1Cc3ccccc3N1C2=O. The zero-order valence-corrected chi connectivity index (χ0v) is 75.2. The molecule has 0 fully saturated rings. The Morgan fingerprint density at radius 3 is 1.33 bits per heavy atom. The van der Waals surface area contributed by atoms with E-state index in [1.54, 1.807) is 60.1 Å². The molecular weight excluding hydrogens is 1700 g/mol. The lowest BCUT2D eigenvalue weighted by Gasteiger charge is -2.27. The van der Waals surface area contributed by atoms with Crippen molar-refractivity contribution in [2.45, 2.75) is 213 Å². The van der Waals surface area contributed by atoms with Gasteiger partial charge in [0, 0.05) is 104 Å². The fourth-order valence-corrected chi connectivity index (χ4v) is 22.2. The molecule has 0 spiro atoms. The standard InChI is InChI=1S/C50H50N4O6S2.C50H51N3O9S2.3CH4/c1-30-18-40-41(51-27-38-23-35-11-7-9-13-43(35)54(38)49(40)57)26-44(30)59-28-31-19-32(21-36(20-31)52-47(55)16-17-50(2,3)62-61-5)29-60-46-24-33-14-15-37-22-34-10-6-8-12-42(34)53(37)48(56)39(33)25-45(46)58-4;1-29-17-38-35(25-46(64(57,58)59)42-22-34-10-6-8-12-41(34)53(42)49(38)56)24-43(29)61-27-30-18-31(20-36(19-30)51-47(54)15-16-50(2,3)63)28-62-45-23-32-13-14-37-21-33-9-5-7-11-40(33)52(37)48(55)39(32)26-44(45)60-4;;;/h6-13,18-21,24-27,37-38H,14-17,22-23,28-29H2,1-5H3,(H,52,55);5-12,17-20,23-24,26,37,42,46,63H,13-16,21-22,25,27-28H2,1-4H3,(H,51,54)(H,57,58,59);3*1H4/t37-,38+;37-,42+,46?;;;/m11.../s1. The van der Waals surface area contributed by atoms with Crippen molar-refractivity contribution in [3.63, 3.8) is 0 Å². The maximum atomic E-state index is 14.2. The van der Waals surface area contributed by atoms with Gasteiger partial charge in [-0.3, -0.25) is 43.2 Å². The number of hydrogen-bond donors (Lipinski definition) is 4. The van der Waals surface area contributed by atoms with E-state index < -0.39 is 21.4 Å². The minimum absolute atomic E-state index is 0. The van der Waals surface area contributed by atoms with Crippen LogP contribution in [0.3, 0.4) is 0 Å². The number of ether oxygens (including phenoxy) is 6. The molecule has 26 heteroatoms. The Morgan fingerprint density at radius 1 is 0.473 bits per heavy atom. The lowest BCUT2D eigenvalue weighted by atomic mass is 9.97. The summed E-state index contributed by atoms with van der Waals surface area (Å²) in [6.45, 7) is 12.5. The van der Waals surface area contributed by atoms with E-state index in [1.807, 2.05) is 194 Å². The molecule has 129 heavy (non-hydrogen) atoms. The number of thiol groups is 1. The van der Waals surface area contributed by atoms with Crippen molar-refractivity contribution >= 4 is 126 Å². The van der Waals surface area contributed by atoms with E-state index in [4.69, 9.17) is 33.4 Å². The van der Waals surface area contributed by atoms with Gasteiger partial charge in [0.25, 0.3) is 33.7 Å². The number of rotatable bonds is 25. The van der Waals surface area contributed by atoms with Gasteiger partial charge in [-0.05, 0) is 274 Å². The largest absolute Gasteiger partial charge is 0.493 e. The monoisotopic (exact) mass is 1820 g/mol. The lowest BCUT2D eigenvalue weighted by molar-refractivity contribution is -0.117. The Balaban J connectivity index is 0.000000204. The van der Waals surface area contributed by atoms with Gasteiger partial charge < -0.3 is 53.8 Å². The number of carbonyl (C=O) groups excluding carboxylic acids is 6. The summed E-state index contributed by atoms with van der Waals surface area (Å²) in [4.78, 5) is 94.8. The van der Waals surface area contributed by atoms with Gasteiger partial charge in [-0.25, -0.2) is 0 Å². The predicted octanol–water partition coefficient (Wildman–Crippen LogP) is 20.9. The van der Waals surface area contributed by atoms with Crippen molar-refractivity contribution in [1.82, 2.24) is 0 Å². The first-order valence-corrected chi connectivity index (χ1v) is 47.2. The Kier molecular flexibility index (Phi) is 28.0. The highest BCUT2D eigenvalue weighted by atomic mass is 33.1. The molecule has 0 aromatic heterocycles. The molecule has 674 valence electrons. The average Bonchev–Trinajstić information content (AvgIpc) is 1.58. The van der Waals surface area contributed by atoms with E-state index in [2.05, 4.69) is 55.3 Å². The Morgan fingerprint density at radius 2 is 0.868 bits per heavy atom. The van der Waals surface area contributed by atoms with Gasteiger partial charge in [0.1, 0.15) is 43.2 Å².